The van der Waals surface area contributed by atoms with Crippen LogP contribution in [0.15, 0.2) is 57.4 Å². The predicted octanol–water partition coefficient (Wildman–Crippen LogP) is 4.09. The Morgan fingerprint density at radius 2 is 1.82 bits per heavy atom. The molecule has 0 saturated heterocycles. The van der Waals surface area contributed by atoms with Crippen molar-refractivity contribution in [3.05, 3.63) is 58.9 Å². The number of hydrogen-bond donors (Lipinski definition) is 0. The molecule has 0 aliphatic carbocycles. The molecule has 6 heteroatoms. The third-order valence-corrected chi connectivity index (χ3v) is 3.49. The van der Waals surface area contributed by atoms with Crippen molar-refractivity contribution in [3.63, 3.8) is 0 Å². The molecule has 0 saturated carbocycles. The Bertz CT molecular complexity index is 756. The van der Waals surface area contributed by atoms with E-state index in [1.807, 2.05) is 42.5 Å². The fourth-order valence-corrected chi connectivity index (χ4v) is 2.12. The minimum atomic E-state index is 0.205. The normalized spacial score (nSPS) is 10.5. The Balaban J connectivity index is 1.67. The van der Waals surface area contributed by atoms with Crippen molar-refractivity contribution in [1.29, 1.82) is 0 Å². The highest BCUT2D eigenvalue weighted by Gasteiger charge is 2.09. The van der Waals surface area contributed by atoms with Gasteiger partial charge in [0.1, 0.15) is 11.5 Å². The van der Waals surface area contributed by atoms with E-state index in [0.29, 0.717) is 17.5 Å². The van der Waals surface area contributed by atoms with Gasteiger partial charge in [0.2, 0.25) is 5.89 Å². The van der Waals surface area contributed by atoms with Crippen molar-refractivity contribution in [2.45, 2.75) is 6.61 Å². The highest BCUT2D eigenvalue weighted by molar-refractivity contribution is 9.10. The summed E-state index contributed by atoms with van der Waals surface area (Å²) in [6, 6.07) is 15.0. The zero-order valence-electron chi connectivity index (χ0n) is 11.8. The molecule has 1 heterocycles. The van der Waals surface area contributed by atoms with E-state index >= 15 is 0 Å². The molecule has 5 nitrogen and oxygen atoms in total. The van der Waals surface area contributed by atoms with Crippen molar-refractivity contribution in [3.8, 4) is 23.0 Å². The number of hydrogen-bond acceptors (Lipinski definition) is 5. The highest BCUT2D eigenvalue weighted by Crippen LogP contribution is 2.22. The van der Waals surface area contributed by atoms with E-state index in [9.17, 15) is 0 Å². The van der Waals surface area contributed by atoms with Crippen LogP contribution in [-0.4, -0.2) is 17.3 Å². The molecule has 0 N–H and O–H groups in total. The lowest BCUT2D eigenvalue weighted by Crippen LogP contribution is -1.96. The van der Waals surface area contributed by atoms with Gasteiger partial charge < -0.3 is 13.9 Å². The summed E-state index contributed by atoms with van der Waals surface area (Å²) >= 11 is 3.39. The van der Waals surface area contributed by atoms with Gasteiger partial charge in [-0.2, -0.15) is 0 Å². The lowest BCUT2D eigenvalue weighted by molar-refractivity contribution is 0.263. The Morgan fingerprint density at radius 3 is 2.59 bits per heavy atom. The third-order valence-electron chi connectivity index (χ3n) is 2.96. The molecule has 0 bridgehead atoms. The van der Waals surface area contributed by atoms with E-state index in [4.69, 9.17) is 13.9 Å². The van der Waals surface area contributed by atoms with Crippen LogP contribution in [0.5, 0.6) is 11.5 Å². The lowest BCUT2D eigenvalue weighted by Gasteiger charge is -2.05. The fourth-order valence-electron chi connectivity index (χ4n) is 1.86. The molecule has 0 fully saturated rings. The molecule has 2 aromatic carbocycles. The summed E-state index contributed by atoms with van der Waals surface area (Å²) < 4.78 is 17.4. The molecule has 3 rings (SSSR count). The Labute approximate surface area is 136 Å². The number of methoxy groups -OCH3 is 1. The number of halogens is 1. The van der Waals surface area contributed by atoms with Gasteiger partial charge in [0, 0.05) is 16.1 Å². The van der Waals surface area contributed by atoms with Gasteiger partial charge in [0.15, 0.2) is 6.61 Å². The van der Waals surface area contributed by atoms with Gasteiger partial charge in [-0.3, -0.25) is 0 Å². The SMILES string of the molecule is COc1cccc(OCc2nnc(-c3ccc(Br)cc3)o2)c1. The molecular formula is C16H13BrN2O3. The molecule has 0 radical (unpaired) electrons. The molecule has 112 valence electrons. The van der Waals surface area contributed by atoms with Crippen molar-refractivity contribution in [2.24, 2.45) is 0 Å². The van der Waals surface area contributed by atoms with Crippen LogP contribution in [0.25, 0.3) is 11.5 Å². The highest BCUT2D eigenvalue weighted by atomic mass is 79.9. The molecular weight excluding hydrogens is 348 g/mol. The summed E-state index contributed by atoms with van der Waals surface area (Å²) in [4.78, 5) is 0. The van der Waals surface area contributed by atoms with Crippen LogP contribution in [0.3, 0.4) is 0 Å². The molecule has 1 aromatic heterocycles. The second kappa shape index (κ2) is 6.62. The number of aromatic nitrogens is 2. The standard InChI is InChI=1S/C16H13BrN2O3/c1-20-13-3-2-4-14(9-13)21-10-15-18-19-16(22-15)11-5-7-12(17)8-6-11/h2-9H,10H2,1H3. The minimum Gasteiger partial charge on any atom is -0.497 e. The summed E-state index contributed by atoms with van der Waals surface area (Å²) in [5, 5.41) is 8.01. The maximum Gasteiger partial charge on any atom is 0.254 e. The number of nitrogens with zero attached hydrogens (tertiary/aromatic N) is 2. The van der Waals surface area contributed by atoms with Crippen LogP contribution in [-0.2, 0) is 6.61 Å². The zero-order valence-corrected chi connectivity index (χ0v) is 13.4. The molecule has 0 aliphatic rings. The Hall–Kier alpha value is -2.34. The summed E-state index contributed by atoms with van der Waals surface area (Å²) in [5.41, 5.74) is 0.864. The van der Waals surface area contributed by atoms with E-state index in [-0.39, 0.29) is 6.61 Å². The maximum atomic E-state index is 5.62. The van der Waals surface area contributed by atoms with E-state index in [1.165, 1.54) is 0 Å². The summed E-state index contributed by atoms with van der Waals surface area (Å²) in [6.07, 6.45) is 0. The number of benzene rings is 2. The second-order valence-electron chi connectivity index (χ2n) is 4.48. The van der Waals surface area contributed by atoms with Crippen molar-refractivity contribution < 1.29 is 13.9 Å². The van der Waals surface area contributed by atoms with Crippen LogP contribution in [0.2, 0.25) is 0 Å². The van der Waals surface area contributed by atoms with Crippen LogP contribution >= 0.6 is 15.9 Å². The summed E-state index contributed by atoms with van der Waals surface area (Å²) in [5.74, 6) is 2.30. The van der Waals surface area contributed by atoms with Crippen molar-refractivity contribution in [1.82, 2.24) is 10.2 Å². The summed E-state index contributed by atoms with van der Waals surface area (Å²) in [7, 11) is 1.61. The topological polar surface area (TPSA) is 57.4 Å². The smallest absolute Gasteiger partial charge is 0.254 e. The Kier molecular flexibility index (Phi) is 4.39. The minimum absolute atomic E-state index is 0.205. The quantitative estimate of drug-likeness (QED) is 0.685. The number of ether oxygens (including phenoxy) is 2. The molecule has 0 atom stereocenters. The Morgan fingerprint density at radius 1 is 1.05 bits per heavy atom. The van der Waals surface area contributed by atoms with E-state index in [1.54, 1.807) is 13.2 Å². The van der Waals surface area contributed by atoms with Crippen molar-refractivity contribution in [2.75, 3.05) is 7.11 Å². The van der Waals surface area contributed by atoms with Crippen LogP contribution in [0.1, 0.15) is 5.89 Å². The predicted molar refractivity (Wildman–Crippen MR) is 84.8 cm³/mol. The first-order valence-corrected chi connectivity index (χ1v) is 7.39. The van der Waals surface area contributed by atoms with Crippen LogP contribution in [0, 0.1) is 0 Å². The fraction of sp³-hybridized carbons (Fsp3) is 0.125. The summed E-state index contributed by atoms with van der Waals surface area (Å²) in [6.45, 7) is 0.205. The van der Waals surface area contributed by atoms with Gasteiger partial charge in [-0.15, -0.1) is 10.2 Å². The molecule has 0 unspecified atom stereocenters. The lowest BCUT2D eigenvalue weighted by atomic mass is 10.2. The first-order chi connectivity index (χ1) is 10.7. The molecule has 3 aromatic rings. The van der Waals surface area contributed by atoms with Gasteiger partial charge in [-0.25, -0.2) is 0 Å². The maximum absolute atomic E-state index is 5.62. The van der Waals surface area contributed by atoms with Gasteiger partial charge in [-0.1, -0.05) is 22.0 Å². The van der Waals surface area contributed by atoms with E-state index < -0.39 is 0 Å². The zero-order chi connectivity index (χ0) is 15.4. The van der Waals surface area contributed by atoms with E-state index in [0.717, 1.165) is 15.8 Å². The van der Waals surface area contributed by atoms with Gasteiger partial charge in [0.05, 0.1) is 7.11 Å². The number of rotatable bonds is 5. The molecule has 0 spiro atoms. The first-order valence-electron chi connectivity index (χ1n) is 6.60. The first kappa shape index (κ1) is 14.6. The molecule has 0 aliphatic heterocycles. The van der Waals surface area contributed by atoms with Gasteiger partial charge in [-0.05, 0) is 36.4 Å². The van der Waals surface area contributed by atoms with Crippen LogP contribution in [0.4, 0.5) is 0 Å². The van der Waals surface area contributed by atoms with Gasteiger partial charge >= 0.3 is 0 Å². The molecule has 0 amide bonds. The third kappa shape index (κ3) is 3.46. The second-order valence-corrected chi connectivity index (χ2v) is 5.39. The average molecular weight is 361 g/mol. The van der Waals surface area contributed by atoms with E-state index in [2.05, 4.69) is 26.1 Å². The largest absolute Gasteiger partial charge is 0.497 e. The van der Waals surface area contributed by atoms with Gasteiger partial charge in [0.25, 0.3) is 5.89 Å². The monoisotopic (exact) mass is 360 g/mol. The van der Waals surface area contributed by atoms with Crippen molar-refractivity contribution >= 4 is 15.9 Å². The molecule has 22 heavy (non-hydrogen) atoms. The van der Waals surface area contributed by atoms with Crippen LogP contribution < -0.4 is 9.47 Å². The average Bonchev–Trinajstić information content (AvgIpc) is 3.03.